The van der Waals surface area contributed by atoms with Crippen molar-refractivity contribution in [2.24, 2.45) is 5.10 Å². The lowest BCUT2D eigenvalue weighted by Crippen LogP contribution is -2.29. The number of aliphatic carboxylic acids is 1. The number of methoxy groups -OCH3 is 1. The Morgan fingerprint density at radius 1 is 1.21 bits per heavy atom. The first-order valence-electron chi connectivity index (χ1n) is 9.61. The molecule has 33 heavy (non-hydrogen) atoms. The van der Waals surface area contributed by atoms with Gasteiger partial charge in [-0.05, 0) is 56.1 Å². The van der Waals surface area contributed by atoms with Gasteiger partial charge in [-0.2, -0.15) is 9.78 Å². The van der Waals surface area contributed by atoms with Crippen LogP contribution in [0.4, 0.5) is 0 Å². The lowest BCUT2D eigenvalue weighted by molar-refractivity contribution is -0.139. The van der Waals surface area contributed by atoms with Gasteiger partial charge < -0.3 is 14.6 Å². The molecule has 0 amide bonds. The number of carbonyl (C=O) groups is 1. The summed E-state index contributed by atoms with van der Waals surface area (Å²) in [6.45, 7) is 5.33. The Hall–Kier alpha value is -2.24. The minimum absolute atomic E-state index is 0.230. The zero-order chi connectivity index (χ0) is 24.5. The molecule has 0 atom stereocenters. The number of nitrogens with zero attached hydrogens (tertiary/aromatic N) is 3. The molecule has 0 radical (unpaired) electrons. The van der Waals surface area contributed by atoms with Crippen LogP contribution in [0.3, 0.4) is 0 Å². The molecular formula is C22H20Br3N3O5. The van der Waals surface area contributed by atoms with E-state index in [0.717, 1.165) is 4.47 Å². The molecular weight excluding hydrogens is 626 g/mol. The SMILES string of the molecule is COc1cc(C=Nn2c(C(C)(C)C)nc3ccc(Br)cc3c2=O)c(Br)c(Br)c1OCC(=O)O. The molecule has 3 aromatic rings. The fraction of sp³-hybridized carbons (Fsp3) is 0.273. The van der Waals surface area contributed by atoms with E-state index in [-0.39, 0.29) is 11.3 Å². The molecule has 2 aromatic carbocycles. The summed E-state index contributed by atoms with van der Waals surface area (Å²) in [6.07, 6.45) is 1.50. The van der Waals surface area contributed by atoms with Crippen molar-refractivity contribution in [1.82, 2.24) is 9.66 Å². The summed E-state index contributed by atoms with van der Waals surface area (Å²) in [4.78, 5) is 28.9. The molecule has 0 saturated carbocycles. The van der Waals surface area contributed by atoms with Crippen LogP contribution in [0.1, 0.15) is 32.2 Å². The van der Waals surface area contributed by atoms with Crippen LogP contribution < -0.4 is 15.0 Å². The van der Waals surface area contributed by atoms with Crippen LogP contribution in [-0.4, -0.2) is 40.7 Å². The highest BCUT2D eigenvalue weighted by molar-refractivity contribution is 9.13. The second-order valence-electron chi connectivity index (χ2n) is 8.02. The second kappa shape index (κ2) is 9.94. The molecule has 0 aliphatic carbocycles. The molecule has 0 spiro atoms. The van der Waals surface area contributed by atoms with Crippen molar-refractivity contribution in [2.45, 2.75) is 26.2 Å². The molecule has 11 heteroatoms. The van der Waals surface area contributed by atoms with Crippen LogP contribution in [0, 0.1) is 0 Å². The summed E-state index contributed by atoms with van der Waals surface area (Å²) in [5, 5.41) is 13.8. The average Bonchev–Trinajstić information content (AvgIpc) is 2.74. The van der Waals surface area contributed by atoms with Gasteiger partial charge >= 0.3 is 5.97 Å². The Balaban J connectivity index is 2.18. The highest BCUT2D eigenvalue weighted by atomic mass is 79.9. The number of aromatic nitrogens is 2. The monoisotopic (exact) mass is 643 g/mol. The molecule has 8 nitrogen and oxygen atoms in total. The zero-order valence-corrected chi connectivity index (χ0v) is 22.9. The van der Waals surface area contributed by atoms with Gasteiger partial charge in [-0.1, -0.05) is 36.7 Å². The van der Waals surface area contributed by atoms with Gasteiger partial charge in [0.15, 0.2) is 18.1 Å². The number of hydrogen-bond acceptors (Lipinski definition) is 6. The summed E-state index contributed by atoms with van der Waals surface area (Å²) in [5.74, 6) is -0.0807. The van der Waals surface area contributed by atoms with Gasteiger partial charge in [0.1, 0.15) is 5.82 Å². The molecule has 1 N–H and O–H groups in total. The Bertz CT molecular complexity index is 1330. The Kier molecular flexibility index (Phi) is 7.65. The van der Waals surface area contributed by atoms with Crippen molar-refractivity contribution in [1.29, 1.82) is 0 Å². The van der Waals surface area contributed by atoms with Gasteiger partial charge in [-0.3, -0.25) is 4.79 Å². The Morgan fingerprint density at radius 2 is 1.91 bits per heavy atom. The molecule has 1 aromatic heterocycles. The molecule has 0 aliphatic rings. The van der Waals surface area contributed by atoms with Crippen LogP contribution in [0.5, 0.6) is 11.5 Å². The maximum absolute atomic E-state index is 13.3. The normalized spacial score (nSPS) is 11.8. The molecule has 0 bridgehead atoms. The highest BCUT2D eigenvalue weighted by Gasteiger charge is 2.23. The van der Waals surface area contributed by atoms with Crippen molar-refractivity contribution in [3.05, 3.63) is 59.4 Å². The minimum atomic E-state index is -1.12. The number of carboxylic acids is 1. The van der Waals surface area contributed by atoms with Crippen LogP contribution in [0.15, 0.2) is 47.6 Å². The molecule has 174 valence electrons. The van der Waals surface area contributed by atoms with Gasteiger partial charge in [-0.15, -0.1) is 0 Å². The summed E-state index contributed by atoms with van der Waals surface area (Å²) in [7, 11) is 1.44. The fourth-order valence-corrected chi connectivity index (χ4v) is 4.28. The molecule has 0 aliphatic heterocycles. The lowest BCUT2D eigenvalue weighted by atomic mass is 9.95. The van der Waals surface area contributed by atoms with E-state index in [1.165, 1.54) is 18.0 Å². The third kappa shape index (κ3) is 5.47. The predicted molar refractivity (Wildman–Crippen MR) is 137 cm³/mol. The largest absolute Gasteiger partial charge is 0.493 e. The van der Waals surface area contributed by atoms with Crippen LogP contribution in [0.2, 0.25) is 0 Å². The van der Waals surface area contributed by atoms with E-state index >= 15 is 0 Å². The van der Waals surface area contributed by atoms with Gasteiger partial charge in [0.25, 0.3) is 5.56 Å². The smallest absolute Gasteiger partial charge is 0.341 e. The van der Waals surface area contributed by atoms with Crippen LogP contribution >= 0.6 is 47.8 Å². The van der Waals surface area contributed by atoms with E-state index in [4.69, 9.17) is 19.6 Å². The maximum Gasteiger partial charge on any atom is 0.341 e. The first-order chi connectivity index (χ1) is 15.4. The first kappa shape index (κ1) is 25.4. The zero-order valence-electron chi connectivity index (χ0n) is 18.1. The van der Waals surface area contributed by atoms with E-state index in [2.05, 4.69) is 52.9 Å². The summed E-state index contributed by atoms with van der Waals surface area (Å²) in [5.41, 5.74) is 0.403. The van der Waals surface area contributed by atoms with E-state index in [1.807, 2.05) is 26.8 Å². The van der Waals surface area contributed by atoms with E-state index in [0.29, 0.717) is 37.0 Å². The number of halogens is 3. The average molecular weight is 646 g/mol. The van der Waals surface area contributed by atoms with Crippen molar-refractivity contribution in [2.75, 3.05) is 13.7 Å². The second-order valence-corrected chi connectivity index (χ2v) is 10.5. The molecule has 3 rings (SSSR count). The summed E-state index contributed by atoms with van der Waals surface area (Å²) >= 11 is 10.3. The van der Waals surface area contributed by atoms with Gasteiger partial charge in [0, 0.05) is 19.9 Å². The van der Waals surface area contributed by atoms with Crippen LogP contribution in [0.25, 0.3) is 10.9 Å². The standard InChI is InChI=1S/C22H20Br3N3O5/c1-22(2,3)21-27-14-6-5-12(23)8-13(14)20(31)28(21)26-9-11-7-15(32-4)19(18(25)17(11)24)33-10-16(29)30/h5-9H,10H2,1-4H3,(H,29,30). The van der Waals surface area contributed by atoms with Crippen molar-refractivity contribution >= 4 is 70.9 Å². The molecule has 0 unspecified atom stereocenters. The van der Waals surface area contributed by atoms with Crippen LogP contribution in [-0.2, 0) is 10.2 Å². The first-order valence-corrected chi connectivity index (χ1v) is 12.0. The van der Waals surface area contributed by atoms with Gasteiger partial charge in [-0.25, -0.2) is 9.78 Å². The maximum atomic E-state index is 13.3. The number of carboxylic acid groups (broad SMARTS) is 1. The van der Waals surface area contributed by atoms with Crippen molar-refractivity contribution < 1.29 is 19.4 Å². The van der Waals surface area contributed by atoms with Gasteiger partial charge in [0.2, 0.25) is 0 Å². The number of benzene rings is 2. The number of ether oxygens (including phenoxy) is 2. The molecule has 0 fully saturated rings. The predicted octanol–water partition coefficient (Wildman–Crippen LogP) is 5.34. The number of rotatable bonds is 6. The highest BCUT2D eigenvalue weighted by Crippen LogP contribution is 2.42. The topological polar surface area (TPSA) is 103 Å². The van der Waals surface area contributed by atoms with Crippen molar-refractivity contribution in [3.63, 3.8) is 0 Å². The van der Waals surface area contributed by atoms with Gasteiger partial charge in [0.05, 0.1) is 28.7 Å². The fourth-order valence-electron chi connectivity index (χ4n) is 2.98. The Morgan fingerprint density at radius 3 is 2.52 bits per heavy atom. The summed E-state index contributed by atoms with van der Waals surface area (Å²) < 4.78 is 13.8. The minimum Gasteiger partial charge on any atom is -0.493 e. The van der Waals surface area contributed by atoms with E-state index in [1.54, 1.807) is 18.2 Å². The lowest BCUT2D eigenvalue weighted by Gasteiger charge is -2.21. The quantitative estimate of drug-likeness (QED) is 0.364. The van der Waals surface area contributed by atoms with E-state index in [9.17, 15) is 9.59 Å². The Labute approximate surface area is 215 Å². The van der Waals surface area contributed by atoms with Crippen molar-refractivity contribution in [3.8, 4) is 11.5 Å². The summed E-state index contributed by atoms with van der Waals surface area (Å²) in [6, 6.07) is 6.97. The third-order valence-electron chi connectivity index (χ3n) is 4.51. The molecule has 0 saturated heterocycles. The molecule has 1 heterocycles. The number of fused-ring (bicyclic) bond motifs is 1. The number of hydrogen-bond donors (Lipinski definition) is 1. The van der Waals surface area contributed by atoms with E-state index < -0.39 is 18.0 Å². The third-order valence-corrected chi connectivity index (χ3v) is 7.14.